The van der Waals surface area contributed by atoms with E-state index >= 15 is 0 Å². The van der Waals surface area contributed by atoms with Gasteiger partial charge in [0, 0.05) is 3.92 Å². The first-order chi connectivity index (χ1) is 7.20. The molecule has 0 heterocycles. The minimum absolute atomic E-state index is 0.0354. The summed E-state index contributed by atoms with van der Waals surface area (Å²) in [5.41, 5.74) is 0. The van der Waals surface area contributed by atoms with Gasteiger partial charge >= 0.3 is 5.97 Å². The van der Waals surface area contributed by atoms with Crippen LogP contribution in [0.15, 0.2) is 0 Å². The van der Waals surface area contributed by atoms with E-state index in [1.165, 1.54) is 25.7 Å². The Balaban J connectivity index is 3.24. The zero-order valence-electron chi connectivity index (χ0n) is 9.93. The number of rotatable bonds is 9. The SMILES string of the molecule is CCCCCCCOC(=O)CC(I)CC. The maximum Gasteiger partial charge on any atom is 0.306 e. The van der Waals surface area contributed by atoms with Gasteiger partial charge in [0.2, 0.25) is 0 Å². The van der Waals surface area contributed by atoms with Crippen molar-refractivity contribution in [1.29, 1.82) is 0 Å². The van der Waals surface area contributed by atoms with Gasteiger partial charge in [-0.25, -0.2) is 0 Å². The zero-order valence-corrected chi connectivity index (χ0v) is 12.1. The van der Waals surface area contributed by atoms with Gasteiger partial charge in [-0.2, -0.15) is 0 Å². The highest BCUT2D eigenvalue weighted by atomic mass is 127. The summed E-state index contributed by atoms with van der Waals surface area (Å²) in [6.07, 6.45) is 7.61. The van der Waals surface area contributed by atoms with Crippen LogP contribution in [0.3, 0.4) is 0 Å². The number of alkyl halides is 1. The molecule has 0 saturated carbocycles. The minimum Gasteiger partial charge on any atom is -0.466 e. The molecule has 0 aliphatic rings. The highest BCUT2D eigenvalue weighted by Crippen LogP contribution is 2.11. The second kappa shape index (κ2) is 10.7. The lowest BCUT2D eigenvalue weighted by atomic mass is 10.2. The average molecular weight is 326 g/mol. The van der Waals surface area contributed by atoms with Crippen molar-refractivity contribution in [2.75, 3.05) is 6.61 Å². The smallest absolute Gasteiger partial charge is 0.306 e. The highest BCUT2D eigenvalue weighted by molar-refractivity contribution is 14.1. The van der Waals surface area contributed by atoms with Crippen LogP contribution in [0.2, 0.25) is 0 Å². The summed E-state index contributed by atoms with van der Waals surface area (Å²) >= 11 is 2.30. The molecule has 1 atom stereocenters. The van der Waals surface area contributed by atoms with Gasteiger partial charge in [0.25, 0.3) is 0 Å². The second-order valence-corrected chi connectivity index (χ2v) is 5.61. The summed E-state index contributed by atoms with van der Waals surface area (Å²) in [4.78, 5) is 11.3. The first-order valence-electron chi connectivity index (χ1n) is 6.00. The number of carbonyl (C=O) groups is 1. The Morgan fingerprint density at radius 1 is 1.20 bits per heavy atom. The van der Waals surface area contributed by atoms with E-state index in [0.29, 0.717) is 17.0 Å². The second-order valence-electron chi connectivity index (χ2n) is 3.84. The van der Waals surface area contributed by atoms with Crippen LogP contribution in [0, 0.1) is 0 Å². The molecular formula is C12H23IO2. The van der Waals surface area contributed by atoms with Gasteiger partial charge in [-0.1, -0.05) is 62.1 Å². The molecule has 0 aromatic rings. The third-order valence-corrected chi connectivity index (χ3v) is 3.66. The lowest BCUT2D eigenvalue weighted by molar-refractivity contribution is -0.143. The van der Waals surface area contributed by atoms with Crippen LogP contribution >= 0.6 is 22.6 Å². The Hall–Kier alpha value is 0.200. The van der Waals surface area contributed by atoms with Crippen molar-refractivity contribution >= 4 is 28.6 Å². The molecule has 0 spiro atoms. The number of unbranched alkanes of at least 4 members (excludes halogenated alkanes) is 4. The molecule has 0 aromatic carbocycles. The molecule has 15 heavy (non-hydrogen) atoms. The molecule has 0 radical (unpaired) electrons. The van der Waals surface area contributed by atoms with Crippen molar-refractivity contribution in [3.63, 3.8) is 0 Å². The van der Waals surface area contributed by atoms with Crippen molar-refractivity contribution in [2.24, 2.45) is 0 Å². The predicted molar refractivity (Wildman–Crippen MR) is 72.4 cm³/mol. The number of ether oxygens (including phenoxy) is 1. The van der Waals surface area contributed by atoms with Crippen LogP contribution in [0.4, 0.5) is 0 Å². The van der Waals surface area contributed by atoms with Crippen LogP contribution < -0.4 is 0 Å². The van der Waals surface area contributed by atoms with Gasteiger partial charge in [-0.15, -0.1) is 0 Å². The van der Waals surface area contributed by atoms with Crippen molar-refractivity contribution < 1.29 is 9.53 Å². The quantitative estimate of drug-likeness (QED) is 0.276. The van der Waals surface area contributed by atoms with Gasteiger partial charge in [0.15, 0.2) is 0 Å². The first kappa shape index (κ1) is 15.2. The molecular weight excluding hydrogens is 303 g/mol. The number of esters is 1. The van der Waals surface area contributed by atoms with Gasteiger partial charge in [0.05, 0.1) is 13.0 Å². The van der Waals surface area contributed by atoms with E-state index in [-0.39, 0.29) is 5.97 Å². The number of hydrogen-bond donors (Lipinski definition) is 0. The van der Waals surface area contributed by atoms with Crippen LogP contribution in [0.25, 0.3) is 0 Å². The summed E-state index contributed by atoms with van der Waals surface area (Å²) in [5.74, 6) is -0.0354. The summed E-state index contributed by atoms with van der Waals surface area (Å²) in [6, 6.07) is 0. The summed E-state index contributed by atoms with van der Waals surface area (Å²) < 4.78 is 5.58. The van der Waals surface area contributed by atoms with Crippen LogP contribution in [-0.4, -0.2) is 16.5 Å². The summed E-state index contributed by atoms with van der Waals surface area (Å²) in [7, 11) is 0. The summed E-state index contributed by atoms with van der Waals surface area (Å²) in [6.45, 7) is 4.90. The van der Waals surface area contributed by atoms with E-state index in [9.17, 15) is 4.79 Å². The van der Waals surface area contributed by atoms with Crippen LogP contribution in [0.1, 0.15) is 58.8 Å². The van der Waals surface area contributed by atoms with Crippen molar-refractivity contribution in [3.8, 4) is 0 Å². The Morgan fingerprint density at radius 2 is 1.87 bits per heavy atom. The van der Waals surface area contributed by atoms with E-state index in [1.807, 2.05) is 0 Å². The lowest BCUT2D eigenvalue weighted by Crippen LogP contribution is -2.11. The topological polar surface area (TPSA) is 26.3 Å². The van der Waals surface area contributed by atoms with Gasteiger partial charge in [-0.3, -0.25) is 4.79 Å². The molecule has 1 unspecified atom stereocenters. The molecule has 2 nitrogen and oxygen atoms in total. The first-order valence-corrected chi connectivity index (χ1v) is 7.25. The third-order valence-electron chi connectivity index (χ3n) is 2.34. The van der Waals surface area contributed by atoms with Gasteiger partial charge in [0.1, 0.15) is 0 Å². The molecule has 0 N–H and O–H groups in total. The molecule has 0 aliphatic heterocycles. The summed E-state index contributed by atoms with van der Waals surface area (Å²) in [5, 5.41) is 0. The minimum atomic E-state index is -0.0354. The van der Waals surface area contributed by atoms with E-state index in [0.717, 1.165) is 12.8 Å². The number of hydrogen-bond acceptors (Lipinski definition) is 2. The normalized spacial score (nSPS) is 12.5. The Morgan fingerprint density at radius 3 is 2.47 bits per heavy atom. The van der Waals surface area contributed by atoms with Gasteiger partial charge < -0.3 is 4.74 Å². The maximum atomic E-state index is 11.3. The van der Waals surface area contributed by atoms with Gasteiger partial charge in [-0.05, 0) is 12.8 Å². The molecule has 0 rings (SSSR count). The standard InChI is InChI=1S/C12H23IO2/c1-3-5-6-7-8-9-15-12(14)10-11(13)4-2/h11H,3-10H2,1-2H3. The van der Waals surface area contributed by atoms with E-state index in [4.69, 9.17) is 4.74 Å². The third kappa shape index (κ3) is 10.5. The maximum absolute atomic E-state index is 11.3. The number of halogens is 1. The predicted octanol–water partition coefficient (Wildman–Crippen LogP) is 4.10. The van der Waals surface area contributed by atoms with E-state index < -0.39 is 0 Å². The molecule has 90 valence electrons. The van der Waals surface area contributed by atoms with E-state index in [1.54, 1.807) is 0 Å². The fraction of sp³-hybridized carbons (Fsp3) is 0.917. The Kier molecular flexibility index (Phi) is 10.9. The fourth-order valence-corrected chi connectivity index (χ4v) is 1.64. The van der Waals surface area contributed by atoms with Crippen molar-refractivity contribution in [3.05, 3.63) is 0 Å². The molecule has 0 amide bonds. The highest BCUT2D eigenvalue weighted by Gasteiger charge is 2.08. The Labute approximate surface area is 107 Å². The molecule has 0 aromatic heterocycles. The monoisotopic (exact) mass is 326 g/mol. The van der Waals surface area contributed by atoms with Crippen molar-refractivity contribution in [1.82, 2.24) is 0 Å². The van der Waals surface area contributed by atoms with Crippen LogP contribution in [0.5, 0.6) is 0 Å². The number of carbonyl (C=O) groups excluding carboxylic acids is 1. The van der Waals surface area contributed by atoms with Crippen LogP contribution in [-0.2, 0) is 9.53 Å². The van der Waals surface area contributed by atoms with E-state index in [2.05, 4.69) is 36.4 Å². The molecule has 0 fully saturated rings. The Bertz CT molecular complexity index is 160. The largest absolute Gasteiger partial charge is 0.466 e. The fourth-order valence-electron chi connectivity index (χ4n) is 1.28. The zero-order chi connectivity index (χ0) is 11.5. The molecule has 0 saturated heterocycles. The average Bonchev–Trinajstić information content (AvgIpc) is 2.23. The molecule has 0 bridgehead atoms. The molecule has 0 aliphatic carbocycles. The van der Waals surface area contributed by atoms with Crippen molar-refractivity contribution in [2.45, 2.75) is 62.7 Å². The molecule has 3 heteroatoms. The lowest BCUT2D eigenvalue weighted by Gasteiger charge is -2.07.